The highest BCUT2D eigenvalue weighted by atomic mass is 32.2. The zero-order valence-corrected chi connectivity index (χ0v) is 29.8. The van der Waals surface area contributed by atoms with E-state index < -0.39 is 47.9 Å². The predicted molar refractivity (Wildman–Crippen MR) is 200 cm³/mol. The van der Waals surface area contributed by atoms with Crippen molar-refractivity contribution in [1.82, 2.24) is 10.6 Å². The molecule has 0 radical (unpaired) electrons. The molecule has 6 aromatic rings. The second kappa shape index (κ2) is 14.1. The molecule has 0 heterocycles. The molecule has 0 atom stereocenters. The zero-order chi connectivity index (χ0) is 39.1. The van der Waals surface area contributed by atoms with E-state index in [1.54, 1.807) is 26.0 Å². The standard InChI is InChI=1S/C37H30N4O11S2/c1-19-3-5-23(13-31(19)38-33-17-27(53(47,48)49)11-21-7-9-25(42)15-29(21)33)35(44)40-37(46)41-36(45)24-6-4-20(2)32(14-24)39-34-18-28(54(50,51)52)12-22-8-10-26(43)16-30(22)34/h3-18,38-39,42-43H,1-2H3,(H,47,48,49)(H,50,51,52)(H2,40,41,44,45,46). The number of carbonyl (C=O) groups is 3. The van der Waals surface area contributed by atoms with E-state index in [2.05, 4.69) is 21.3 Å². The number of anilines is 4. The lowest BCUT2D eigenvalue weighted by Gasteiger charge is -2.15. The number of hydrogen-bond donors (Lipinski definition) is 8. The Morgan fingerprint density at radius 2 is 0.889 bits per heavy atom. The number of phenols is 2. The van der Waals surface area contributed by atoms with Crippen molar-refractivity contribution in [2.45, 2.75) is 23.6 Å². The third-order valence-corrected chi connectivity index (χ3v) is 10.1. The molecule has 0 aromatic heterocycles. The average Bonchev–Trinajstić information content (AvgIpc) is 3.09. The van der Waals surface area contributed by atoms with Crippen molar-refractivity contribution in [1.29, 1.82) is 0 Å². The Hall–Kier alpha value is -6.53. The van der Waals surface area contributed by atoms with Crippen LogP contribution in [0.15, 0.2) is 107 Å². The second-order valence-corrected chi connectivity index (χ2v) is 15.1. The summed E-state index contributed by atoms with van der Waals surface area (Å²) < 4.78 is 67.2. The molecule has 0 fully saturated rings. The number of amides is 4. The summed E-state index contributed by atoms with van der Waals surface area (Å²) in [4.78, 5) is 38.2. The van der Waals surface area contributed by atoms with Gasteiger partial charge in [0.15, 0.2) is 0 Å². The molecule has 0 aliphatic heterocycles. The number of imide groups is 2. The Bertz CT molecular complexity index is 2600. The average molecular weight is 771 g/mol. The fraction of sp³-hybridized carbons (Fsp3) is 0.0541. The molecule has 6 rings (SSSR count). The Labute approximate surface area is 307 Å². The third kappa shape index (κ3) is 8.08. The summed E-state index contributed by atoms with van der Waals surface area (Å²) in [6.07, 6.45) is 0. The number of aryl methyl sites for hydroxylation is 2. The van der Waals surface area contributed by atoms with Crippen LogP contribution in [-0.4, -0.2) is 54.0 Å². The summed E-state index contributed by atoms with van der Waals surface area (Å²) in [6.45, 7) is 3.40. The van der Waals surface area contributed by atoms with E-state index in [9.17, 15) is 50.5 Å². The Morgan fingerprint density at radius 1 is 0.500 bits per heavy atom. The van der Waals surface area contributed by atoms with E-state index in [-0.39, 0.29) is 34.0 Å². The lowest BCUT2D eigenvalue weighted by Crippen LogP contribution is -2.42. The van der Waals surface area contributed by atoms with Crippen LogP contribution in [0.3, 0.4) is 0 Å². The second-order valence-electron chi connectivity index (χ2n) is 12.2. The maximum atomic E-state index is 13.1. The van der Waals surface area contributed by atoms with Crippen molar-refractivity contribution in [3.63, 3.8) is 0 Å². The van der Waals surface area contributed by atoms with Crippen LogP contribution >= 0.6 is 0 Å². The lowest BCUT2D eigenvalue weighted by atomic mass is 10.1. The highest BCUT2D eigenvalue weighted by molar-refractivity contribution is 7.86. The van der Waals surface area contributed by atoms with Gasteiger partial charge in [0.25, 0.3) is 32.1 Å². The Kier molecular flexibility index (Phi) is 9.74. The number of aromatic hydroxyl groups is 2. The summed E-state index contributed by atoms with van der Waals surface area (Å²) in [5, 5.41) is 31.9. The van der Waals surface area contributed by atoms with Crippen molar-refractivity contribution in [3.8, 4) is 11.5 Å². The van der Waals surface area contributed by atoms with Crippen LogP contribution in [-0.2, 0) is 20.2 Å². The molecule has 0 spiro atoms. The molecule has 0 saturated carbocycles. The highest BCUT2D eigenvalue weighted by Gasteiger charge is 2.19. The van der Waals surface area contributed by atoms with Crippen LogP contribution in [0.1, 0.15) is 31.8 Å². The van der Waals surface area contributed by atoms with Crippen molar-refractivity contribution in [2.24, 2.45) is 0 Å². The van der Waals surface area contributed by atoms with Crippen LogP contribution in [0.5, 0.6) is 11.5 Å². The number of benzene rings is 6. The van der Waals surface area contributed by atoms with Gasteiger partial charge in [-0.05, 0) is 109 Å². The van der Waals surface area contributed by atoms with Gasteiger partial charge in [0.2, 0.25) is 0 Å². The molecule has 8 N–H and O–H groups in total. The first-order chi connectivity index (χ1) is 25.3. The van der Waals surface area contributed by atoms with Gasteiger partial charge in [0.05, 0.1) is 9.79 Å². The van der Waals surface area contributed by atoms with Gasteiger partial charge in [-0.15, -0.1) is 0 Å². The summed E-state index contributed by atoms with van der Waals surface area (Å²) >= 11 is 0. The van der Waals surface area contributed by atoms with Gasteiger partial charge in [0, 0.05) is 44.6 Å². The smallest absolute Gasteiger partial charge is 0.328 e. The normalized spacial score (nSPS) is 11.6. The summed E-state index contributed by atoms with van der Waals surface area (Å²) in [7, 11) is -9.22. The largest absolute Gasteiger partial charge is 0.508 e. The first-order valence-corrected chi connectivity index (χ1v) is 18.6. The Morgan fingerprint density at radius 3 is 1.26 bits per heavy atom. The lowest BCUT2D eigenvalue weighted by molar-refractivity contribution is 0.0944. The maximum absolute atomic E-state index is 13.1. The van der Waals surface area contributed by atoms with Gasteiger partial charge in [-0.3, -0.25) is 29.3 Å². The van der Waals surface area contributed by atoms with Gasteiger partial charge >= 0.3 is 6.03 Å². The van der Waals surface area contributed by atoms with Gasteiger partial charge in [-0.2, -0.15) is 16.8 Å². The Balaban J connectivity index is 1.20. The molecule has 0 aliphatic carbocycles. The monoisotopic (exact) mass is 770 g/mol. The summed E-state index contributed by atoms with van der Waals surface area (Å²) in [5.41, 5.74) is 2.19. The summed E-state index contributed by atoms with van der Waals surface area (Å²) in [5.74, 6) is -1.99. The quantitative estimate of drug-likeness (QED) is 0.0795. The number of hydrogen-bond acceptors (Lipinski definition) is 11. The molecular formula is C37H30N4O11S2. The van der Waals surface area contributed by atoms with Crippen LogP contribution < -0.4 is 21.3 Å². The summed E-state index contributed by atoms with van der Waals surface area (Å²) in [6, 6.07) is 20.8. The number of urea groups is 1. The molecule has 276 valence electrons. The number of carbonyl (C=O) groups excluding carboxylic acids is 3. The molecule has 54 heavy (non-hydrogen) atoms. The van der Waals surface area contributed by atoms with Crippen LogP contribution in [0.4, 0.5) is 27.5 Å². The molecule has 15 nitrogen and oxygen atoms in total. The van der Waals surface area contributed by atoms with E-state index >= 15 is 0 Å². The van der Waals surface area contributed by atoms with E-state index in [0.29, 0.717) is 44.0 Å². The van der Waals surface area contributed by atoms with Gasteiger partial charge in [-0.25, -0.2) is 4.79 Å². The third-order valence-electron chi connectivity index (χ3n) is 8.41. The first-order valence-electron chi connectivity index (χ1n) is 15.8. The molecular weight excluding hydrogens is 741 g/mol. The minimum Gasteiger partial charge on any atom is -0.508 e. The molecule has 0 unspecified atom stereocenters. The van der Waals surface area contributed by atoms with Crippen LogP contribution in [0.2, 0.25) is 0 Å². The van der Waals surface area contributed by atoms with E-state index in [1.165, 1.54) is 72.8 Å². The minimum atomic E-state index is -4.61. The van der Waals surface area contributed by atoms with Crippen molar-refractivity contribution in [2.75, 3.05) is 10.6 Å². The van der Waals surface area contributed by atoms with Gasteiger partial charge in [-0.1, -0.05) is 24.3 Å². The molecule has 4 amide bonds. The predicted octanol–water partition coefficient (Wildman–Crippen LogP) is 6.28. The SMILES string of the molecule is Cc1ccc(C(=O)NC(=O)NC(=O)c2ccc(C)c(Nc3cc(S(=O)(=O)O)cc4ccc(O)cc34)c2)cc1Nc1cc(S(=O)(=O)O)cc2ccc(O)cc12. The number of nitrogens with one attached hydrogen (secondary N) is 4. The first kappa shape index (κ1) is 37.2. The highest BCUT2D eigenvalue weighted by Crippen LogP contribution is 2.35. The van der Waals surface area contributed by atoms with E-state index in [1.807, 2.05) is 0 Å². The number of fused-ring (bicyclic) bond motifs is 2. The number of rotatable bonds is 8. The van der Waals surface area contributed by atoms with Gasteiger partial charge < -0.3 is 20.8 Å². The topological polar surface area (TPSA) is 249 Å². The fourth-order valence-electron chi connectivity index (χ4n) is 5.61. The van der Waals surface area contributed by atoms with Gasteiger partial charge in [0.1, 0.15) is 11.5 Å². The van der Waals surface area contributed by atoms with Crippen LogP contribution in [0, 0.1) is 13.8 Å². The molecule has 0 bridgehead atoms. The molecule has 17 heteroatoms. The zero-order valence-electron chi connectivity index (χ0n) is 28.2. The van der Waals surface area contributed by atoms with Crippen molar-refractivity contribution < 1.29 is 50.5 Å². The van der Waals surface area contributed by atoms with E-state index in [0.717, 1.165) is 12.1 Å². The fourth-order valence-corrected chi connectivity index (χ4v) is 6.69. The number of phenolic OH excluding ortho intramolecular Hbond substituents is 2. The molecule has 0 aliphatic rings. The minimum absolute atomic E-state index is 0.0176. The molecule has 6 aromatic carbocycles. The van der Waals surface area contributed by atoms with E-state index in [4.69, 9.17) is 0 Å². The van der Waals surface area contributed by atoms with Crippen LogP contribution in [0.25, 0.3) is 21.5 Å². The van der Waals surface area contributed by atoms with Crippen molar-refractivity contribution in [3.05, 3.63) is 119 Å². The maximum Gasteiger partial charge on any atom is 0.328 e. The van der Waals surface area contributed by atoms with Crippen molar-refractivity contribution >= 4 is 82.4 Å². The molecule has 0 saturated heterocycles.